The second kappa shape index (κ2) is 6.45. The van der Waals surface area contributed by atoms with Gasteiger partial charge in [-0.1, -0.05) is 11.3 Å². The minimum atomic E-state index is -0.178. The molecule has 0 aliphatic carbocycles. The largest absolute Gasteiger partial charge is 0.497 e. The first-order chi connectivity index (χ1) is 11.5. The Morgan fingerprint density at radius 3 is 2.50 bits per heavy atom. The lowest BCUT2D eigenvalue weighted by Crippen LogP contribution is -2.11. The maximum atomic E-state index is 12.5. The van der Waals surface area contributed by atoms with Crippen molar-refractivity contribution in [2.75, 3.05) is 12.4 Å². The van der Waals surface area contributed by atoms with E-state index in [1.807, 2.05) is 26.8 Å². The average molecular weight is 342 g/mol. The van der Waals surface area contributed by atoms with Crippen LogP contribution in [0, 0.1) is 20.8 Å². The van der Waals surface area contributed by atoms with E-state index < -0.39 is 0 Å². The van der Waals surface area contributed by atoms with Crippen molar-refractivity contribution >= 4 is 22.9 Å². The maximum Gasteiger partial charge on any atom is 0.267 e. The van der Waals surface area contributed by atoms with Crippen LogP contribution < -0.4 is 10.1 Å². The van der Waals surface area contributed by atoms with Crippen molar-refractivity contribution in [2.24, 2.45) is 0 Å². The molecule has 24 heavy (non-hydrogen) atoms. The topological polar surface area (TPSA) is 69.0 Å². The van der Waals surface area contributed by atoms with Gasteiger partial charge in [-0.05, 0) is 51.1 Å². The number of ether oxygens (including phenoxy) is 1. The summed E-state index contributed by atoms with van der Waals surface area (Å²) in [6, 6.07) is 9.19. The standard InChI is InChI=1S/C17H18N4O2S/c1-10-9-11(2)21(20-10)17-18-12(3)15(24-17)16(22)19-13-5-7-14(23-4)8-6-13/h5-9H,1-4H3,(H,19,22). The van der Waals surface area contributed by atoms with Gasteiger partial charge >= 0.3 is 0 Å². The molecule has 6 nitrogen and oxygen atoms in total. The quantitative estimate of drug-likeness (QED) is 0.788. The molecule has 3 rings (SSSR count). The Morgan fingerprint density at radius 1 is 1.21 bits per heavy atom. The summed E-state index contributed by atoms with van der Waals surface area (Å²) in [5.41, 5.74) is 3.31. The summed E-state index contributed by atoms with van der Waals surface area (Å²) in [7, 11) is 1.61. The Labute approximate surface area is 144 Å². The van der Waals surface area contributed by atoms with E-state index in [0.29, 0.717) is 21.4 Å². The number of carbonyl (C=O) groups is 1. The van der Waals surface area contributed by atoms with Gasteiger partial charge in [0.1, 0.15) is 10.6 Å². The number of amides is 1. The second-order valence-corrected chi connectivity index (χ2v) is 6.41. The van der Waals surface area contributed by atoms with Gasteiger partial charge in [-0.15, -0.1) is 0 Å². The number of nitrogens with one attached hydrogen (secondary N) is 1. The molecule has 0 bridgehead atoms. The van der Waals surface area contributed by atoms with Gasteiger partial charge in [0.2, 0.25) is 5.13 Å². The molecule has 1 amide bonds. The molecule has 2 aromatic heterocycles. The fourth-order valence-electron chi connectivity index (χ4n) is 2.37. The second-order valence-electron chi connectivity index (χ2n) is 5.43. The van der Waals surface area contributed by atoms with Crippen LogP contribution in [-0.2, 0) is 0 Å². The van der Waals surface area contributed by atoms with Crippen molar-refractivity contribution in [1.29, 1.82) is 0 Å². The Kier molecular flexibility index (Phi) is 4.35. The molecule has 0 fully saturated rings. The van der Waals surface area contributed by atoms with Gasteiger partial charge in [-0.25, -0.2) is 9.67 Å². The van der Waals surface area contributed by atoms with E-state index in [1.54, 1.807) is 36.1 Å². The van der Waals surface area contributed by atoms with Crippen LogP contribution in [0.3, 0.4) is 0 Å². The third-order valence-electron chi connectivity index (χ3n) is 3.53. The Morgan fingerprint density at radius 2 is 1.92 bits per heavy atom. The third kappa shape index (κ3) is 3.16. The van der Waals surface area contributed by atoms with Crippen LogP contribution in [0.4, 0.5) is 5.69 Å². The molecule has 7 heteroatoms. The summed E-state index contributed by atoms with van der Waals surface area (Å²) in [6.07, 6.45) is 0. The van der Waals surface area contributed by atoms with Crippen molar-refractivity contribution in [1.82, 2.24) is 14.8 Å². The molecule has 1 N–H and O–H groups in total. The molecule has 0 saturated heterocycles. The molecule has 3 aromatic rings. The monoisotopic (exact) mass is 342 g/mol. The summed E-state index contributed by atoms with van der Waals surface area (Å²) in [5, 5.41) is 7.99. The van der Waals surface area contributed by atoms with Crippen molar-refractivity contribution in [3.05, 3.63) is 52.3 Å². The summed E-state index contributed by atoms with van der Waals surface area (Å²) in [4.78, 5) is 17.6. The number of aryl methyl sites for hydroxylation is 3. The number of hydrogen-bond donors (Lipinski definition) is 1. The van der Waals surface area contributed by atoms with Gasteiger partial charge < -0.3 is 10.1 Å². The third-order valence-corrected chi connectivity index (χ3v) is 4.66. The molecule has 0 atom stereocenters. The predicted molar refractivity (Wildman–Crippen MR) is 94.4 cm³/mol. The van der Waals surface area contributed by atoms with E-state index >= 15 is 0 Å². The van der Waals surface area contributed by atoms with E-state index in [9.17, 15) is 4.79 Å². The highest BCUT2D eigenvalue weighted by Crippen LogP contribution is 2.24. The molecular formula is C17H18N4O2S. The fraction of sp³-hybridized carbons (Fsp3) is 0.235. The fourth-order valence-corrected chi connectivity index (χ4v) is 3.34. The van der Waals surface area contributed by atoms with Crippen molar-refractivity contribution in [2.45, 2.75) is 20.8 Å². The number of methoxy groups -OCH3 is 1. The summed E-state index contributed by atoms with van der Waals surface area (Å²) < 4.78 is 6.87. The highest BCUT2D eigenvalue weighted by Gasteiger charge is 2.18. The Balaban J connectivity index is 1.83. The van der Waals surface area contributed by atoms with Crippen molar-refractivity contribution < 1.29 is 9.53 Å². The molecular weight excluding hydrogens is 324 g/mol. The smallest absolute Gasteiger partial charge is 0.267 e. The van der Waals surface area contributed by atoms with Crippen LogP contribution in [0.2, 0.25) is 0 Å². The molecule has 1 aromatic carbocycles. The highest BCUT2D eigenvalue weighted by atomic mass is 32.1. The van der Waals surface area contributed by atoms with Gasteiger partial charge in [-0.3, -0.25) is 4.79 Å². The number of carbonyl (C=O) groups excluding carboxylic acids is 1. The zero-order valence-corrected chi connectivity index (χ0v) is 14.8. The minimum absolute atomic E-state index is 0.178. The lowest BCUT2D eigenvalue weighted by molar-refractivity contribution is 0.103. The van der Waals surface area contributed by atoms with Gasteiger partial charge in [0.05, 0.1) is 18.5 Å². The van der Waals surface area contributed by atoms with Gasteiger partial charge in [0.25, 0.3) is 5.91 Å². The zero-order valence-electron chi connectivity index (χ0n) is 14.0. The number of aromatic nitrogens is 3. The lowest BCUT2D eigenvalue weighted by Gasteiger charge is -2.05. The first-order valence-electron chi connectivity index (χ1n) is 7.44. The zero-order chi connectivity index (χ0) is 17.3. The first-order valence-corrected chi connectivity index (χ1v) is 8.26. The van der Waals surface area contributed by atoms with E-state index in [-0.39, 0.29) is 5.91 Å². The van der Waals surface area contributed by atoms with Crippen LogP contribution in [0.5, 0.6) is 5.75 Å². The van der Waals surface area contributed by atoms with Gasteiger partial charge in [-0.2, -0.15) is 5.10 Å². The van der Waals surface area contributed by atoms with Crippen LogP contribution >= 0.6 is 11.3 Å². The minimum Gasteiger partial charge on any atom is -0.497 e. The Bertz CT molecular complexity index is 881. The number of hydrogen-bond acceptors (Lipinski definition) is 5. The van der Waals surface area contributed by atoms with Crippen LogP contribution in [0.25, 0.3) is 5.13 Å². The number of anilines is 1. The molecule has 0 aliphatic rings. The van der Waals surface area contributed by atoms with Crippen LogP contribution in [0.15, 0.2) is 30.3 Å². The van der Waals surface area contributed by atoms with E-state index in [4.69, 9.17) is 4.74 Å². The van der Waals surface area contributed by atoms with Crippen LogP contribution in [0.1, 0.15) is 26.8 Å². The SMILES string of the molecule is COc1ccc(NC(=O)c2sc(-n3nc(C)cc3C)nc2C)cc1. The number of benzene rings is 1. The van der Waals surface area contributed by atoms with E-state index in [2.05, 4.69) is 15.4 Å². The van der Waals surface area contributed by atoms with Crippen molar-refractivity contribution in [3.8, 4) is 10.9 Å². The first kappa shape index (κ1) is 16.2. The summed E-state index contributed by atoms with van der Waals surface area (Å²) >= 11 is 1.33. The Hall–Kier alpha value is -2.67. The average Bonchev–Trinajstić information content (AvgIpc) is 3.10. The molecule has 0 radical (unpaired) electrons. The van der Waals surface area contributed by atoms with Gasteiger partial charge in [0.15, 0.2) is 0 Å². The molecule has 0 spiro atoms. The number of thiazole rings is 1. The summed E-state index contributed by atoms with van der Waals surface area (Å²) in [5.74, 6) is 0.566. The summed E-state index contributed by atoms with van der Waals surface area (Å²) in [6.45, 7) is 5.73. The molecule has 0 saturated carbocycles. The van der Waals surface area contributed by atoms with Gasteiger partial charge in [0, 0.05) is 11.4 Å². The number of rotatable bonds is 4. The number of nitrogens with zero attached hydrogens (tertiary/aromatic N) is 3. The molecule has 0 unspecified atom stereocenters. The predicted octanol–water partition coefficient (Wildman–Crippen LogP) is 3.51. The molecule has 124 valence electrons. The molecule has 2 heterocycles. The highest BCUT2D eigenvalue weighted by molar-refractivity contribution is 7.16. The van der Waals surface area contributed by atoms with Crippen molar-refractivity contribution in [3.63, 3.8) is 0 Å². The normalized spacial score (nSPS) is 10.7. The lowest BCUT2D eigenvalue weighted by atomic mass is 10.3. The molecule has 0 aliphatic heterocycles. The maximum absolute atomic E-state index is 12.5. The van der Waals surface area contributed by atoms with Crippen LogP contribution in [-0.4, -0.2) is 27.8 Å². The van der Waals surface area contributed by atoms with E-state index in [0.717, 1.165) is 17.1 Å². The van der Waals surface area contributed by atoms with E-state index in [1.165, 1.54) is 11.3 Å².